The Labute approximate surface area is 90.9 Å². The molecular formula is C14H15N. The number of aliphatic imine (C=N–C) groups is 1. The van der Waals surface area contributed by atoms with Crippen molar-refractivity contribution >= 4 is 11.8 Å². The molecular weight excluding hydrogens is 182 g/mol. The van der Waals surface area contributed by atoms with E-state index in [4.69, 9.17) is 0 Å². The van der Waals surface area contributed by atoms with Crippen LogP contribution in [0, 0.1) is 6.92 Å². The first-order chi connectivity index (χ1) is 7.36. The maximum atomic E-state index is 4.24. The van der Waals surface area contributed by atoms with Crippen molar-refractivity contribution in [1.82, 2.24) is 0 Å². The van der Waals surface area contributed by atoms with E-state index < -0.39 is 0 Å². The van der Waals surface area contributed by atoms with E-state index >= 15 is 0 Å². The molecule has 0 aliphatic carbocycles. The molecule has 0 atom stereocenters. The largest absolute Gasteiger partial charge is 0.264 e. The molecule has 1 aliphatic rings. The van der Waals surface area contributed by atoms with Crippen molar-refractivity contribution < 1.29 is 0 Å². The van der Waals surface area contributed by atoms with E-state index in [-0.39, 0.29) is 0 Å². The molecule has 0 aromatic heterocycles. The highest BCUT2D eigenvalue weighted by Crippen LogP contribution is 2.16. The van der Waals surface area contributed by atoms with Crippen molar-refractivity contribution in [3.05, 3.63) is 53.7 Å². The predicted octanol–water partition coefficient (Wildman–Crippen LogP) is 3.76. The normalized spacial score (nSPS) is 15.7. The highest BCUT2D eigenvalue weighted by Gasteiger charge is 1.98. The Morgan fingerprint density at radius 2 is 1.87 bits per heavy atom. The van der Waals surface area contributed by atoms with Crippen molar-refractivity contribution in [2.45, 2.75) is 19.8 Å². The Hall–Kier alpha value is -1.63. The lowest BCUT2D eigenvalue weighted by atomic mass is 10.0. The zero-order valence-electron chi connectivity index (χ0n) is 8.98. The molecule has 15 heavy (non-hydrogen) atoms. The smallest absolute Gasteiger partial charge is 0.0342 e. The zero-order chi connectivity index (χ0) is 10.5. The molecule has 0 bridgehead atoms. The van der Waals surface area contributed by atoms with E-state index in [1.165, 1.54) is 16.7 Å². The highest BCUT2D eigenvalue weighted by molar-refractivity contribution is 6.10. The Morgan fingerprint density at radius 3 is 2.67 bits per heavy atom. The van der Waals surface area contributed by atoms with Crippen LogP contribution in [0.2, 0.25) is 0 Å². The van der Waals surface area contributed by atoms with Gasteiger partial charge in [-0.25, -0.2) is 0 Å². The van der Waals surface area contributed by atoms with Gasteiger partial charge in [0.25, 0.3) is 0 Å². The molecule has 1 nitrogen and oxygen atoms in total. The summed E-state index contributed by atoms with van der Waals surface area (Å²) >= 11 is 0. The van der Waals surface area contributed by atoms with Crippen LogP contribution in [-0.2, 0) is 0 Å². The second-order valence-corrected chi connectivity index (χ2v) is 3.77. The predicted molar refractivity (Wildman–Crippen MR) is 66.0 cm³/mol. The average Bonchev–Trinajstić information content (AvgIpc) is 2.19. The topological polar surface area (TPSA) is 12.4 Å². The molecule has 0 spiro atoms. The van der Waals surface area contributed by atoms with Crippen LogP contribution in [0.3, 0.4) is 0 Å². The molecule has 0 radical (unpaired) electrons. The first-order valence-corrected chi connectivity index (χ1v) is 5.31. The quantitative estimate of drug-likeness (QED) is 0.650. The van der Waals surface area contributed by atoms with Crippen LogP contribution >= 0.6 is 0 Å². The van der Waals surface area contributed by atoms with Gasteiger partial charge in [-0.15, -0.1) is 0 Å². The fourth-order valence-corrected chi connectivity index (χ4v) is 1.58. The third-order valence-electron chi connectivity index (χ3n) is 2.49. The second kappa shape index (κ2) is 4.74. The molecule has 1 aliphatic heterocycles. The van der Waals surface area contributed by atoms with Crippen molar-refractivity contribution in [2.24, 2.45) is 4.99 Å². The van der Waals surface area contributed by atoms with Crippen LogP contribution in [0.1, 0.15) is 24.0 Å². The van der Waals surface area contributed by atoms with E-state index in [2.05, 4.69) is 48.3 Å². The van der Waals surface area contributed by atoms with Gasteiger partial charge in [0.2, 0.25) is 0 Å². The van der Waals surface area contributed by atoms with Crippen LogP contribution in [0.25, 0.3) is 5.57 Å². The number of nitrogens with zero attached hydrogens (tertiary/aromatic N) is 1. The van der Waals surface area contributed by atoms with Gasteiger partial charge in [0.1, 0.15) is 0 Å². The zero-order valence-corrected chi connectivity index (χ0v) is 8.98. The van der Waals surface area contributed by atoms with Gasteiger partial charge >= 0.3 is 0 Å². The Kier molecular flexibility index (Phi) is 3.13. The molecule has 0 unspecified atom stereocenters. The molecule has 1 heteroatoms. The van der Waals surface area contributed by atoms with Crippen molar-refractivity contribution in [2.75, 3.05) is 0 Å². The first kappa shape index (κ1) is 9.91. The minimum Gasteiger partial charge on any atom is -0.264 e. The second-order valence-electron chi connectivity index (χ2n) is 3.77. The lowest BCUT2D eigenvalue weighted by Crippen LogP contribution is -1.88. The fourth-order valence-electron chi connectivity index (χ4n) is 1.58. The number of hydrogen-bond acceptors (Lipinski definition) is 1. The van der Waals surface area contributed by atoms with Gasteiger partial charge < -0.3 is 0 Å². The minimum atomic E-state index is 1.08. The van der Waals surface area contributed by atoms with Crippen LogP contribution in [0.15, 0.2) is 47.6 Å². The molecule has 76 valence electrons. The van der Waals surface area contributed by atoms with Crippen molar-refractivity contribution in [3.8, 4) is 0 Å². The summed E-state index contributed by atoms with van der Waals surface area (Å²) < 4.78 is 0. The van der Waals surface area contributed by atoms with Gasteiger partial charge in [-0.2, -0.15) is 0 Å². The van der Waals surface area contributed by atoms with E-state index in [9.17, 15) is 0 Å². The summed E-state index contributed by atoms with van der Waals surface area (Å²) in [5.41, 5.74) is 3.76. The molecule has 2 rings (SSSR count). The maximum absolute atomic E-state index is 4.24. The Morgan fingerprint density at radius 1 is 1.07 bits per heavy atom. The number of hydrogen-bond donors (Lipinski definition) is 0. The van der Waals surface area contributed by atoms with Crippen LogP contribution < -0.4 is 0 Å². The summed E-state index contributed by atoms with van der Waals surface area (Å²) in [6.07, 6.45) is 10.3. The molecule has 0 amide bonds. The number of benzene rings is 1. The summed E-state index contributed by atoms with van der Waals surface area (Å²) in [6, 6.07) is 8.58. The molecule has 1 aromatic carbocycles. The van der Waals surface area contributed by atoms with Gasteiger partial charge in [-0.05, 0) is 30.9 Å². The third kappa shape index (κ3) is 2.66. The van der Waals surface area contributed by atoms with E-state index in [0.29, 0.717) is 0 Å². The van der Waals surface area contributed by atoms with E-state index in [1.807, 2.05) is 12.4 Å². The van der Waals surface area contributed by atoms with Gasteiger partial charge in [0.05, 0.1) is 0 Å². The lowest BCUT2D eigenvalue weighted by Gasteiger charge is -2.04. The van der Waals surface area contributed by atoms with Crippen LogP contribution in [-0.4, -0.2) is 6.21 Å². The van der Waals surface area contributed by atoms with Crippen molar-refractivity contribution in [3.63, 3.8) is 0 Å². The van der Waals surface area contributed by atoms with Gasteiger partial charge in [-0.3, -0.25) is 4.99 Å². The summed E-state index contributed by atoms with van der Waals surface area (Å²) in [5, 5.41) is 0. The standard InChI is InChI=1S/C14H15N/c1-12-6-8-13(9-7-12)14-5-3-2-4-10-15-11-14/h4-11H,2-3H2,1H3. The maximum Gasteiger partial charge on any atom is 0.0342 e. The molecule has 1 heterocycles. The SMILES string of the molecule is Cc1ccc(C2=CCCC=CN=C2)cc1. The molecule has 0 N–H and O–H groups in total. The summed E-state index contributed by atoms with van der Waals surface area (Å²) in [5.74, 6) is 0. The summed E-state index contributed by atoms with van der Waals surface area (Å²) in [4.78, 5) is 4.24. The van der Waals surface area contributed by atoms with Gasteiger partial charge in [-0.1, -0.05) is 42.0 Å². The first-order valence-electron chi connectivity index (χ1n) is 5.31. The van der Waals surface area contributed by atoms with Crippen molar-refractivity contribution in [1.29, 1.82) is 0 Å². The van der Waals surface area contributed by atoms with Gasteiger partial charge in [0, 0.05) is 12.4 Å². The van der Waals surface area contributed by atoms with E-state index in [1.54, 1.807) is 0 Å². The number of allylic oxidation sites excluding steroid dienone is 3. The Bertz CT molecular complexity index is 407. The van der Waals surface area contributed by atoms with E-state index in [0.717, 1.165) is 12.8 Å². The average molecular weight is 197 g/mol. The Balaban J connectivity index is 2.29. The highest BCUT2D eigenvalue weighted by atomic mass is 14.7. The summed E-state index contributed by atoms with van der Waals surface area (Å²) in [6.45, 7) is 2.10. The van der Waals surface area contributed by atoms with Gasteiger partial charge in [0.15, 0.2) is 0 Å². The molecule has 1 aromatic rings. The number of aryl methyl sites for hydroxylation is 1. The third-order valence-corrected chi connectivity index (χ3v) is 2.49. The molecule has 0 saturated heterocycles. The minimum absolute atomic E-state index is 1.08. The van der Waals surface area contributed by atoms with Crippen LogP contribution in [0.5, 0.6) is 0 Å². The monoisotopic (exact) mass is 197 g/mol. The number of rotatable bonds is 1. The molecule has 0 saturated carbocycles. The molecule has 0 fully saturated rings. The summed E-state index contributed by atoms with van der Waals surface area (Å²) in [7, 11) is 0. The van der Waals surface area contributed by atoms with Crippen LogP contribution in [0.4, 0.5) is 0 Å². The fraction of sp³-hybridized carbons (Fsp3) is 0.214. The lowest BCUT2D eigenvalue weighted by molar-refractivity contribution is 1.05.